The molecule has 0 heterocycles. The predicted octanol–water partition coefficient (Wildman–Crippen LogP) is 2.89. The minimum absolute atomic E-state index is 0.0629. The molecule has 0 aliphatic heterocycles. The zero-order chi connectivity index (χ0) is 19.9. The minimum Gasteiger partial charge on any atom is -0.491 e. The minimum atomic E-state index is -0.875. The predicted molar refractivity (Wildman–Crippen MR) is 105 cm³/mol. The summed E-state index contributed by atoms with van der Waals surface area (Å²) in [4.78, 5) is 0. The largest absolute Gasteiger partial charge is 0.491 e. The van der Waals surface area contributed by atoms with Gasteiger partial charge in [-0.05, 0) is 41.8 Å². The molecule has 148 valence electrons. The third-order valence-electron chi connectivity index (χ3n) is 4.72. The number of hydrogen-bond acceptors (Lipinski definition) is 5. The molecule has 0 saturated carbocycles. The SMILES string of the molecule is CC[C@@H](O)COc1ccc(C(C)(C)c2ccc(OC[C@H](O)CO)cc2)cc1. The summed E-state index contributed by atoms with van der Waals surface area (Å²) in [5.41, 5.74) is 2.08. The second kappa shape index (κ2) is 9.74. The molecular weight excluding hydrogens is 344 g/mol. The van der Waals surface area contributed by atoms with Gasteiger partial charge in [-0.15, -0.1) is 0 Å². The second-order valence-electron chi connectivity index (χ2n) is 7.19. The van der Waals surface area contributed by atoms with Gasteiger partial charge < -0.3 is 24.8 Å². The standard InChI is InChI=1S/C22H30O5/c1-4-18(24)14-26-20-9-5-16(6-10-20)22(2,3)17-7-11-21(12-8-17)27-15-19(25)13-23/h5-12,18-19,23-25H,4,13-15H2,1-3H3/t18-,19-/m1/s1. The first-order chi connectivity index (χ1) is 12.9. The molecular formula is C22H30O5. The highest BCUT2D eigenvalue weighted by Crippen LogP contribution is 2.33. The van der Waals surface area contributed by atoms with Crippen molar-refractivity contribution in [3.8, 4) is 11.5 Å². The molecule has 3 N–H and O–H groups in total. The quantitative estimate of drug-likeness (QED) is 0.596. The van der Waals surface area contributed by atoms with Crippen LogP contribution in [0.2, 0.25) is 0 Å². The van der Waals surface area contributed by atoms with Crippen molar-refractivity contribution in [2.45, 2.75) is 44.8 Å². The molecule has 2 aromatic rings. The van der Waals surface area contributed by atoms with Crippen LogP contribution in [0.15, 0.2) is 48.5 Å². The molecule has 0 aliphatic carbocycles. The van der Waals surface area contributed by atoms with Crippen LogP contribution in [-0.4, -0.2) is 47.3 Å². The lowest BCUT2D eigenvalue weighted by molar-refractivity contribution is 0.0536. The Morgan fingerprint density at radius 2 is 1.19 bits per heavy atom. The Labute approximate surface area is 161 Å². The summed E-state index contributed by atoms with van der Waals surface area (Å²) < 4.78 is 11.1. The molecule has 5 heteroatoms. The summed E-state index contributed by atoms with van der Waals surface area (Å²) in [6.07, 6.45) is -0.648. The Balaban J connectivity index is 2.04. The van der Waals surface area contributed by atoms with Gasteiger partial charge in [0.1, 0.15) is 30.8 Å². The van der Waals surface area contributed by atoms with Crippen LogP contribution in [0.25, 0.3) is 0 Å². The van der Waals surface area contributed by atoms with Crippen LogP contribution in [0.3, 0.4) is 0 Å². The molecule has 5 nitrogen and oxygen atoms in total. The van der Waals surface area contributed by atoms with Crippen molar-refractivity contribution in [2.24, 2.45) is 0 Å². The maximum Gasteiger partial charge on any atom is 0.119 e. The second-order valence-corrected chi connectivity index (χ2v) is 7.19. The highest BCUT2D eigenvalue weighted by molar-refractivity contribution is 5.41. The number of rotatable bonds is 10. The maximum absolute atomic E-state index is 9.60. The van der Waals surface area contributed by atoms with Crippen LogP contribution >= 0.6 is 0 Å². The van der Waals surface area contributed by atoms with Crippen LogP contribution in [-0.2, 0) is 5.41 Å². The smallest absolute Gasteiger partial charge is 0.119 e. The molecule has 0 aliphatic rings. The van der Waals surface area contributed by atoms with Gasteiger partial charge >= 0.3 is 0 Å². The summed E-state index contributed by atoms with van der Waals surface area (Å²) >= 11 is 0. The molecule has 0 unspecified atom stereocenters. The van der Waals surface area contributed by atoms with Crippen LogP contribution in [0, 0.1) is 0 Å². The van der Waals surface area contributed by atoms with Crippen molar-refractivity contribution < 1.29 is 24.8 Å². The summed E-state index contributed by atoms with van der Waals surface area (Å²) in [5.74, 6) is 1.40. The average molecular weight is 374 g/mol. The van der Waals surface area contributed by atoms with Crippen molar-refractivity contribution in [3.63, 3.8) is 0 Å². The molecule has 0 bridgehead atoms. The topological polar surface area (TPSA) is 79.2 Å². The molecule has 2 atom stereocenters. The zero-order valence-electron chi connectivity index (χ0n) is 16.3. The number of hydrogen-bond donors (Lipinski definition) is 3. The first-order valence-electron chi connectivity index (χ1n) is 9.30. The fourth-order valence-electron chi connectivity index (χ4n) is 2.66. The van der Waals surface area contributed by atoms with E-state index in [4.69, 9.17) is 14.6 Å². The van der Waals surface area contributed by atoms with E-state index in [0.717, 1.165) is 16.9 Å². The first kappa shape index (κ1) is 21.2. The molecule has 0 spiro atoms. The van der Waals surface area contributed by atoms with Crippen molar-refractivity contribution in [3.05, 3.63) is 59.7 Å². The van der Waals surface area contributed by atoms with Gasteiger partial charge in [0.25, 0.3) is 0 Å². The van der Waals surface area contributed by atoms with Crippen molar-refractivity contribution in [1.82, 2.24) is 0 Å². The van der Waals surface area contributed by atoms with Gasteiger partial charge in [-0.1, -0.05) is 45.0 Å². The van der Waals surface area contributed by atoms with Crippen molar-refractivity contribution >= 4 is 0 Å². The van der Waals surface area contributed by atoms with Crippen LogP contribution < -0.4 is 9.47 Å². The Morgan fingerprint density at radius 1 is 0.778 bits per heavy atom. The third kappa shape index (κ3) is 5.96. The Hall–Kier alpha value is -2.08. The molecule has 0 amide bonds. The highest BCUT2D eigenvalue weighted by atomic mass is 16.5. The van der Waals surface area contributed by atoms with Crippen LogP contribution in [0.5, 0.6) is 11.5 Å². The Kier molecular flexibility index (Phi) is 7.66. The average Bonchev–Trinajstić information content (AvgIpc) is 2.70. The molecule has 2 rings (SSSR count). The molecule has 0 aromatic heterocycles. The lowest BCUT2D eigenvalue weighted by atomic mass is 9.78. The summed E-state index contributed by atoms with van der Waals surface area (Å²) in [6.45, 7) is 6.26. The van der Waals surface area contributed by atoms with E-state index in [-0.39, 0.29) is 18.6 Å². The summed E-state index contributed by atoms with van der Waals surface area (Å²) in [7, 11) is 0. The van der Waals surface area contributed by atoms with Gasteiger partial charge in [0.2, 0.25) is 0 Å². The number of ether oxygens (including phenoxy) is 2. The lowest BCUT2D eigenvalue weighted by Gasteiger charge is -2.26. The van der Waals surface area contributed by atoms with E-state index >= 15 is 0 Å². The van der Waals surface area contributed by atoms with E-state index in [9.17, 15) is 10.2 Å². The number of aliphatic hydroxyl groups is 3. The maximum atomic E-state index is 9.60. The summed E-state index contributed by atoms with van der Waals surface area (Å²) in [6, 6.07) is 15.7. The van der Waals surface area contributed by atoms with E-state index in [1.165, 1.54) is 0 Å². The lowest BCUT2D eigenvalue weighted by Crippen LogP contribution is -2.21. The molecule has 0 fully saturated rings. The zero-order valence-corrected chi connectivity index (χ0v) is 16.3. The van der Waals surface area contributed by atoms with Gasteiger partial charge in [-0.3, -0.25) is 0 Å². The van der Waals surface area contributed by atoms with E-state index in [2.05, 4.69) is 13.8 Å². The Morgan fingerprint density at radius 3 is 1.56 bits per heavy atom. The van der Waals surface area contributed by atoms with E-state index in [1.54, 1.807) is 0 Å². The first-order valence-corrected chi connectivity index (χ1v) is 9.30. The fourth-order valence-corrected chi connectivity index (χ4v) is 2.66. The van der Waals surface area contributed by atoms with Crippen molar-refractivity contribution in [1.29, 1.82) is 0 Å². The molecule has 0 saturated heterocycles. The highest BCUT2D eigenvalue weighted by Gasteiger charge is 2.23. The van der Waals surface area contributed by atoms with E-state index < -0.39 is 12.2 Å². The molecule has 2 aromatic carbocycles. The van der Waals surface area contributed by atoms with E-state index in [0.29, 0.717) is 18.8 Å². The summed E-state index contributed by atoms with van der Waals surface area (Å²) in [5, 5.41) is 27.8. The van der Waals surface area contributed by atoms with Gasteiger partial charge in [-0.25, -0.2) is 0 Å². The number of aliphatic hydroxyl groups excluding tert-OH is 3. The van der Waals surface area contributed by atoms with Gasteiger partial charge in [0.15, 0.2) is 0 Å². The number of benzene rings is 2. The Bertz CT molecular complexity index is 619. The van der Waals surface area contributed by atoms with Gasteiger partial charge in [-0.2, -0.15) is 0 Å². The van der Waals surface area contributed by atoms with Gasteiger partial charge in [0.05, 0.1) is 12.7 Å². The van der Waals surface area contributed by atoms with E-state index in [1.807, 2.05) is 55.5 Å². The van der Waals surface area contributed by atoms with Gasteiger partial charge in [0, 0.05) is 5.41 Å². The fraction of sp³-hybridized carbons (Fsp3) is 0.455. The molecule has 27 heavy (non-hydrogen) atoms. The van der Waals surface area contributed by atoms with Crippen molar-refractivity contribution in [2.75, 3.05) is 19.8 Å². The molecule has 0 radical (unpaired) electrons. The van der Waals surface area contributed by atoms with Crippen LogP contribution in [0.4, 0.5) is 0 Å². The van der Waals surface area contributed by atoms with Crippen LogP contribution in [0.1, 0.15) is 38.3 Å². The normalized spacial score (nSPS) is 13.9. The third-order valence-corrected chi connectivity index (χ3v) is 4.72. The monoisotopic (exact) mass is 374 g/mol.